The molecule has 10 rings (SSSR count). The fourth-order valence-electron chi connectivity index (χ4n) is 11.6. The van der Waals surface area contributed by atoms with Gasteiger partial charge in [0.1, 0.15) is 17.6 Å². The lowest BCUT2D eigenvalue weighted by atomic mass is 9.83. The van der Waals surface area contributed by atoms with E-state index in [2.05, 4.69) is 35.8 Å². The number of carbonyl (C=O) groups is 4. The molecule has 0 saturated carbocycles. The van der Waals surface area contributed by atoms with Gasteiger partial charge in [0.2, 0.25) is 5.24 Å². The fourth-order valence-corrected chi connectivity index (χ4v) is 11.7. The fraction of sp³-hybridized carbons (Fsp3) is 0.541. The summed E-state index contributed by atoms with van der Waals surface area (Å²) in [5.41, 5.74) is 2.67. The maximum Gasteiger partial charge on any atom is 0.318 e. The Labute approximate surface area is 445 Å². The van der Waals surface area contributed by atoms with Crippen LogP contribution in [0.1, 0.15) is 145 Å². The lowest BCUT2D eigenvalue weighted by molar-refractivity contribution is -0.160. The normalized spacial score (nSPS) is 27.7. The zero-order valence-corrected chi connectivity index (χ0v) is 45.4. The maximum atomic E-state index is 12.7. The standard InChI is InChI=1S/C18H25NO3.C17H23NO2.C9H9ClO.C9H10O2.C8H15NO/c1-18(12-20,13-6-4-3-5-7-13)17(21)22-16-10-14-8-9-15(11-16)19(14)2;1-12(13-6-4-3-5-7-13)17(19)20-16-10-14-8-9-15(11-16)18(14)2;2*1-7(9(10)11)8-5-3-2-4-6-8;1-9-6-2-3-7(9)5-8(10)4-6/h3-7,14-16,20H,8-12H2,1-2H3;3-7,12,14-16H,8-11H2,1-2H3;2-7H,1H3;2-7H,1H3,(H,10,11);6-8,10H,2-5H2,1H3. The third-order valence-electron chi connectivity index (χ3n) is 16.9. The van der Waals surface area contributed by atoms with Crippen LogP contribution in [0.5, 0.6) is 0 Å². The first-order chi connectivity index (χ1) is 35.4. The molecule has 0 radical (unpaired) electrons. The summed E-state index contributed by atoms with van der Waals surface area (Å²) in [6.07, 6.45) is 13.4. The van der Waals surface area contributed by atoms with E-state index in [1.165, 1.54) is 38.5 Å². The lowest BCUT2D eigenvalue weighted by Gasteiger charge is -2.37. The Kier molecular flexibility index (Phi) is 21.8. The van der Waals surface area contributed by atoms with Crippen molar-refractivity contribution in [2.45, 2.75) is 182 Å². The van der Waals surface area contributed by atoms with E-state index < -0.39 is 17.3 Å². The van der Waals surface area contributed by atoms with E-state index in [0.717, 1.165) is 60.8 Å². The second-order valence-electron chi connectivity index (χ2n) is 21.7. The molecule has 0 amide bonds. The molecule has 3 N–H and O–H groups in total. The molecular formula is C61H82ClN3O9. The quantitative estimate of drug-likeness (QED) is 0.0967. The summed E-state index contributed by atoms with van der Waals surface area (Å²) in [5.74, 6) is -1.95. The zero-order valence-electron chi connectivity index (χ0n) is 44.7. The van der Waals surface area contributed by atoms with Gasteiger partial charge in [-0.1, -0.05) is 128 Å². The van der Waals surface area contributed by atoms with Gasteiger partial charge in [0, 0.05) is 36.3 Å². The van der Waals surface area contributed by atoms with E-state index in [1.807, 2.05) is 128 Å². The summed E-state index contributed by atoms with van der Waals surface area (Å²) in [6, 6.07) is 41.6. The average Bonchev–Trinajstić information content (AvgIpc) is 3.82. The third kappa shape index (κ3) is 15.6. The molecule has 0 spiro atoms. The van der Waals surface area contributed by atoms with Crippen molar-refractivity contribution in [2.75, 3.05) is 27.7 Å². The van der Waals surface area contributed by atoms with Gasteiger partial charge in [-0.15, -0.1) is 0 Å². The number of aliphatic carboxylic acids is 1. The van der Waals surface area contributed by atoms with E-state index in [4.69, 9.17) is 26.2 Å². The minimum Gasteiger partial charge on any atom is -0.481 e. The van der Waals surface area contributed by atoms with Gasteiger partial charge in [0.15, 0.2) is 0 Å². The first-order valence-corrected chi connectivity index (χ1v) is 27.3. The van der Waals surface area contributed by atoms with Crippen LogP contribution in [0.3, 0.4) is 0 Å². The van der Waals surface area contributed by atoms with Crippen molar-refractivity contribution in [3.63, 3.8) is 0 Å². The molecule has 74 heavy (non-hydrogen) atoms. The van der Waals surface area contributed by atoms with Crippen LogP contribution in [0, 0.1) is 0 Å². The highest BCUT2D eigenvalue weighted by molar-refractivity contribution is 6.64. The van der Waals surface area contributed by atoms with Crippen LogP contribution in [0.15, 0.2) is 121 Å². The van der Waals surface area contributed by atoms with Crippen molar-refractivity contribution in [1.29, 1.82) is 0 Å². The largest absolute Gasteiger partial charge is 0.481 e. The number of piperidine rings is 3. The lowest BCUT2D eigenvalue weighted by Crippen LogP contribution is -2.46. The number of hydrogen-bond donors (Lipinski definition) is 3. The van der Waals surface area contributed by atoms with Crippen molar-refractivity contribution in [2.24, 2.45) is 0 Å². The number of rotatable bonds is 11. The summed E-state index contributed by atoms with van der Waals surface area (Å²) in [4.78, 5) is 53.5. The molecule has 6 fully saturated rings. The van der Waals surface area contributed by atoms with Crippen molar-refractivity contribution < 1.29 is 44.0 Å². The van der Waals surface area contributed by atoms with Crippen LogP contribution in [0.25, 0.3) is 0 Å². The van der Waals surface area contributed by atoms with E-state index in [1.54, 1.807) is 20.8 Å². The number of aliphatic hydroxyl groups excluding tert-OH is 2. The van der Waals surface area contributed by atoms with E-state index in [0.29, 0.717) is 36.3 Å². The average molecular weight is 1040 g/mol. The number of benzene rings is 4. The van der Waals surface area contributed by atoms with E-state index in [-0.39, 0.29) is 53.9 Å². The number of halogens is 1. The predicted molar refractivity (Wildman–Crippen MR) is 291 cm³/mol. The zero-order chi connectivity index (χ0) is 53.5. The number of esters is 2. The molecule has 0 aliphatic carbocycles. The monoisotopic (exact) mass is 1040 g/mol. The third-order valence-corrected chi connectivity index (χ3v) is 17.2. The van der Waals surface area contributed by atoms with Gasteiger partial charge in [0.05, 0.1) is 30.5 Å². The van der Waals surface area contributed by atoms with Crippen LogP contribution < -0.4 is 0 Å². The van der Waals surface area contributed by atoms with Crippen LogP contribution >= 0.6 is 11.6 Å². The Morgan fingerprint density at radius 1 is 0.541 bits per heavy atom. The number of hydrogen-bond acceptors (Lipinski definition) is 11. The number of nitrogens with zero attached hydrogens (tertiary/aromatic N) is 3. The summed E-state index contributed by atoms with van der Waals surface area (Å²) in [6.45, 7) is 6.92. The maximum absolute atomic E-state index is 12.7. The highest BCUT2D eigenvalue weighted by Gasteiger charge is 2.44. The van der Waals surface area contributed by atoms with Gasteiger partial charge < -0.3 is 39.5 Å². The molecule has 10 unspecified atom stereocenters. The van der Waals surface area contributed by atoms with Crippen LogP contribution in [-0.2, 0) is 34.1 Å². The molecule has 13 heteroatoms. The highest BCUT2D eigenvalue weighted by atomic mass is 35.5. The molecule has 10 atom stereocenters. The topological polar surface area (TPSA) is 157 Å². The number of ether oxygens (including phenoxy) is 2. The van der Waals surface area contributed by atoms with E-state index in [9.17, 15) is 29.4 Å². The molecule has 6 bridgehead atoms. The highest BCUT2D eigenvalue weighted by Crippen LogP contribution is 2.38. The molecule has 6 saturated heterocycles. The van der Waals surface area contributed by atoms with Gasteiger partial charge in [-0.3, -0.25) is 19.2 Å². The van der Waals surface area contributed by atoms with Crippen molar-refractivity contribution >= 4 is 34.8 Å². The predicted octanol–water partition coefficient (Wildman–Crippen LogP) is 10.1. The number of carboxylic acids is 1. The molecule has 6 heterocycles. The number of aliphatic hydroxyl groups is 2. The van der Waals surface area contributed by atoms with Crippen LogP contribution in [-0.4, -0.2) is 135 Å². The minimum atomic E-state index is -0.982. The Morgan fingerprint density at radius 3 is 1.22 bits per heavy atom. The minimum absolute atomic E-state index is 0.00583. The molecular weight excluding hydrogens is 954 g/mol. The Balaban J connectivity index is 0.000000157. The van der Waals surface area contributed by atoms with Gasteiger partial charge >= 0.3 is 17.9 Å². The van der Waals surface area contributed by atoms with Gasteiger partial charge in [0.25, 0.3) is 0 Å². The van der Waals surface area contributed by atoms with E-state index >= 15 is 0 Å². The molecule has 6 aliphatic heterocycles. The van der Waals surface area contributed by atoms with Crippen molar-refractivity contribution in [3.05, 3.63) is 144 Å². The van der Waals surface area contributed by atoms with Gasteiger partial charge in [-0.05, 0) is 153 Å². The number of carbonyl (C=O) groups excluding carboxylic acids is 3. The summed E-state index contributed by atoms with van der Waals surface area (Å²) >= 11 is 5.32. The Bertz CT molecular complexity index is 2270. The van der Waals surface area contributed by atoms with Crippen molar-refractivity contribution in [3.8, 4) is 0 Å². The van der Waals surface area contributed by atoms with Gasteiger partial charge in [-0.25, -0.2) is 0 Å². The summed E-state index contributed by atoms with van der Waals surface area (Å²) < 4.78 is 11.6. The molecule has 4 aromatic rings. The van der Waals surface area contributed by atoms with Crippen LogP contribution in [0.2, 0.25) is 0 Å². The smallest absolute Gasteiger partial charge is 0.318 e. The van der Waals surface area contributed by atoms with Crippen molar-refractivity contribution in [1.82, 2.24) is 14.7 Å². The Morgan fingerprint density at radius 2 is 0.865 bits per heavy atom. The van der Waals surface area contributed by atoms with Crippen LogP contribution in [0.4, 0.5) is 0 Å². The summed E-state index contributed by atoms with van der Waals surface area (Å²) in [5, 5.41) is 27.5. The SMILES string of the molecule is CC(C(=O)Cl)c1ccccc1.CC(C(=O)O)c1ccccc1.CC(C(=O)OC1CC2CCC(C1)N2C)c1ccccc1.CN1C2CCC1CC(O)C2.CN1C2CCC1CC(OC(=O)C(C)(CO)c1ccccc1)C2. The Hall–Kier alpha value is -4.95. The summed E-state index contributed by atoms with van der Waals surface area (Å²) in [7, 11) is 6.56. The molecule has 12 nitrogen and oxygen atoms in total. The number of fused-ring (bicyclic) bond motifs is 6. The first kappa shape index (κ1) is 58.3. The molecule has 0 aromatic heterocycles. The van der Waals surface area contributed by atoms with Gasteiger partial charge in [-0.2, -0.15) is 0 Å². The number of carboxylic acid groups (broad SMARTS) is 1. The first-order valence-electron chi connectivity index (χ1n) is 26.9. The molecule has 402 valence electrons. The second-order valence-corrected chi connectivity index (χ2v) is 22.1. The molecule has 4 aromatic carbocycles. The second kappa shape index (κ2) is 27.7. The molecule has 6 aliphatic rings.